The third-order valence-corrected chi connectivity index (χ3v) is 5.04. The molecule has 2 aromatic rings. The molecule has 0 fully saturated rings. The normalized spacial score (nSPS) is 10.8. The van der Waals surface area contributed by atoms with Gasteiger partial charge in [0.05, 0.1) is 7.11 Å². The smallest absolute Gasteiger partial charge is 0.262 e. The Balaban J connectivity index is 1.90. The minimum Gasteiger partial charge on any atom is -0.493 e. The van der Waals surface area contributed by atoms with Crippen LogP contribution in [-0.4, -0.2) is 51.7 Å². The molecular formula is C22H30BrN3O3. The molecular weight excluding hydrogens is 434 g/mol. The number of carbonyl (C=O) groups excluding carboxylic acids is 1. The zero-order chi connectivity index (χ0) is 21.2. The summed E-state index contributed by atoms with van der Waals surface area (Å²) in [5.74, 6) is 0.898. The van der Waals surface area contributed by atoms with Crippen LogP contribution in [0.1, 0.15) is 17.5 Å². The van der Waals surface area contributed by atoms with Gasteiger partial charge in [0.15, 0.2) is 18.1 Å². The fourth-order valence-corrected chi connectivity index (χ4v) is 3.17. The van der Waals surface area contributed by atoms with Gasteiger partial charge in [0.1, 0.15) is 0 Å². The van der Waals surface area contributed by atoms with Crippen LogP contribution >= 0.6 is 15.9 Å². The summed E-state index contributed by atoms with van der Waals surface area (Å²) in [6.07, 6.45) is 1.08. The lowest BCUT2D eigenvalue weighted by Gasteiger charge is -2.15. The van der Waals surface area contributed by atoms with Gasteiger partial charge in [-0.15, -0.1) is 0 Å². The van der Waals surface area contributed by atoms with Crippen molar-refractivity contribution in [2.75, 3.05) is 46.2 Å². The molecule has 1 amide bonds. The van der Waals surface area contributed by atoms with Gasteiger partial charge in [-0.3, -0.25) is 4.79 Å². The van der Waals surface area contributed by atoms with Crippen LogP contribution in [0, 0.1) is 6.92 Å². The number of nitrogens with zero attached hydrogens (tertiary/aromatic N) is 1. The highest BCUT2D eigenvalue weighted by Crippen LogP contribution is 2.33. The molecule has 0 aliphatic rings. The summed E-state index contributed by atoms with van der Waals surface area (Å²) >= 11 is 3.59. The van der Waals surface area contributed by atoms with E-state index in [-0.39, 0.29) is 12.5 Å². The fraction of sp³-hybridized carbons (Fsp3) is 0.409. The van der Waals surface area contributed by atoms with E-state index < -0.39 is 0 Å². The number of halogens is 1. The molecule has 0 unspecified atom stereocenters. The number of methoxy groups -OCH3 is 1. The molecule has 0 bridgehead atoms. The van der Waals surface area contributed by atoms with E-state index in [2.05, 4.69) is 45.6 Å². The fourth-order valence-electron chi connectivity index (χ4n) is 2.71. The van der Waals surface area contributed by atoms with Crippen molar-refractivity contribution in [3.05, 3.63) is 52.0 Å². The average Bonchev–Trinajstić information content (AvgIpc) is 2.68. The minimum atomic E-state index is -0.223. The van der Waals surface area contributed by atoms with Gasteiger partial charge in [0.2, 0.25) is 0 Å². The third kappa shape index (κ3) is 8.04. The highest BCUT2D eigenvalue weighted by Gasteiger charge is 2.12. The first-order valence-corrected chi connectivity index (χ1v) is 10.4. The summed E-state index contributed by atoms with van der Waals surface area (Å²) in [6, 6.07) is 11.4. The van der Waals surface area contributed by atoms with Crippen molar-refractivity contribution in [1.29, 1.82) is 0 Å². The van der Waals surface area contributed by atoms with Crippen LogP contribution in [0.15, 0.2) is 40.9 Å². The first-order valence-electron chi connectivity index (χ1n) is 9.60. The van der Waals surface area contributed by atoms with Crippen molar-refractivity contribution in [3.63, 3.8) is 0 Å². The summed E-state index contributed by atoms with van der Waals surface area (Å²) in [5, 5.41) is 6.25. The van der Waals surface area contributed by atoms with Crippen LogP contribution in [0.5, 0.6) is 11.5 Å². The average molecular weight is 464 g/mol. The Morgan fingerprint density at radius 3 is 2.52 bits per heavy atom. The predicted molar refractivity (Wildman–Crippen MR) is 121 cm³/mol. The van der Waals surface area contributed by atoms with E-state index in [1.807, 2.05) is 43.3 Å². The highest BCUT2D eigenvalue weighted by atomic mass is 79.9. The third-order valence-electron chi connectivity index (χ3n) is 4.30. The van der Waals surface area contributed by atoms with Gasteiger partial charge in [-0.1, -0.05) is 33.6 Å². The van der Waals surface area contributed by atoms with E-state index in [9.17, 15) is 4.79 Å². The Labute approximate surface area is 181 Å². The van der Waals surface area contributed by atoms with Crippen LogP contribution in [-0.2, 0) is 11.3 Å². The molecule has 2 rings (SSSR count). The van der Waals surface area contributed by atoms with Gasteiger partial charge in [0, 0.05) is 16.7 Å². The number of ether oxygens (including phenoxy) is 2. The molecule has 0 aliphatic carbocycles. The Morgan fingerprint density at radius 2 is 1.86 bits per heavy atom. The maximum absolute atomic E-state index is 12.2. The summed E-state index contributed by atoms with van der Waals surface area (Å²) in [4.78, 5) is 14.3. The van der Waals surface area contributed by atoms with Gasteiger partial charge in [-0.2, -0.15) is 0 Å². The lowest BCUT2D eigenvalue weighted by molar-refractivity contribution is -0.118. The molecule has 2 aromatic carbocycles. The number of benzene rings is 2. The Bertz CT molecular complexity index is 795. The largest absolute Gasteiger partial charge is 0.493 e. The number of hydrogen-bond acceptors (Lipinski definition) is 5. The SMILES string of the molecule is COc1cc(CNCCCN(C)C)c(Br)cc1OCC(=O)Nc1ccc(C)cc1. The van der Waals surface area contributed by atoms with Gasteiger partial charge >= 0.3 is 0 Å². The number of anilines is 1. The van der Waals surface area contributed by atoms with Gasteiger partial charge in [-0.25, -0.2) is 0 Å². The number of nitrogens with one attached hydrogen (secondary N) is 2. The number of carbonyl (C=O) groups is 1. The standard InChI is InChI=1S/C22H30BrN3O3/c1-16-6-8-18(9-7-16)25-22(27)15-29-21-13-19(23)17(12-20(21)28-4)14-24-10-5-11-26(2)3/h6-9,12-13,24H,5,10-11,14-15H2,1-4H3,(H,25,27). The second-order valence-electron chi connectivity index (χ2n) is 7.13. The maximum atomic E-state index is 12.2. The van der Waals surface area contributed by atoms with Crippen LogP contribution in [0.4, 0.5) is 5.69 Å². The van der Waals surface area contributed by atoms with Crippen LogP contribution < -0.4 is 20.1 Å². The van der Waals surface area contributed by atoms with E-state index in [1.165, 1.54) is 0 Å². The summed E-state index contributed by atoms with van der Waals surface area (Å²) in [6.45, 7) is 4.61. The van der Waals surface area contributed by atoms with Crippen LogP contribution in [0.3, 0.4) is 0 Å². The van der Waals surface area contributed by atoms with Gasteiger partial charge < -0.3 is 25.0 Å². The van der Waals surface area contributed by atoms with E-state index in [4.69, 9.17) is 9.47 Å². The molecule has 2 N–H and O–H groups in total. The van der Waals surface area contributed by atoms with Crippen molar-refractivity contribution < 1.29 is 14.3 Å². The van der Waals surface area contributed by atoms with Crippen molar-refractivity contribution in [3.8, 4) is 11.5 Å². The number of amides is 1. The van der Waals surface area contributed by atoms with Crippen molar-refractivity contribution >= 4 is 27.5 Å². The van der Waals surface area contributed by atoms with Gasteiger partial charge in [0.25, 0.3) is 5.91 Å². The molecule has 0 aromatic heterocycles. The summed E-state index contributed by atoms with van der Waals surface area (Å²) in [5.41, 5.74) is 2.96. The molecule has 0 spiro atoms. The number of rotatable bonds is 11. The first kappa shape index (κ1) is 23.2. The molecule has 6 nitrogen and oxygen atoms in total. The summed E-state index contributed by atoms with van der Waals surface area (Å²) < 4.78 is 12.1. The van der Waals surface area contributed by atoms with Gasteiger partial charge in [-0.05, 0) is 70.4 Å². The molecule has 0 radical (unpaired) electrons. The van der Waals surface area contributed by atoms with E-state index in [0.29, 0.717) is 11.5 Å². The summed E-state index contributed by atoms with van der Waals surface area (Å²) in [7, 11) is 5.74. The lowest BCUT2D eigenvalue weighted by Crippen LogP contribution is -2.21. The zero-order valence-electron chi connectivity index (χ0n) is 17.5. The molecule has 158 valence electrons. The molecule has 0 atom stereocenters. The number of hydrogen-bond donors (Lipinski definition) is 2. The monoisotopic (exact) mass is 463 g/mol. The minimum absolute atomic E-state index is 0.0984. The van der Waals surface area contributed by atoms with Crippen LogP contribution in [0.2, 0.25) is 0 Å². The lowest BCUT2D eigenvalue weighted by atomic mass is 10.2. The van der Waals surface area contributed by atoms with Crippen molar-refractivity contribution in [1.82, 2.24) is 10.2 Å². The van der Waals surface area contributed by atoms with E-state index in [0.717, 1.165) is 47.3 Å². The Morgan fingerprint density at radius 1 is 1.14 bits per heavy atom. The molecule has 0 heterocycles. The Kier molecular flexibility index (Phi) is 9.44. The first-order chi connectivity index (χ1) is 13.9. The predicted octanol–water partition coefficient (Wildman–Crippen LogP) is 3.82. The van der Waals surface area contributed by atoms with Crippen molar-refractivity contribution in [2.24, 2.45) is 0 Å². The second kappa shape index (κ2) is 11.8. The molecule has 29 heavy (non-hydrogen) atoms. The molecule has 0 aliphatic heterocycles. The van der Waals surface area contributed by atoms with E-state index >= 15 is 0 Å². The van der Waals surface area contributed by atoms with Crippen molar-refractivity contribution in [2.45, 2.75) is 19.9 Å². The highest BCUT2D eigenvalue weighted by molar-refractivity contribution is 9.10. The molecule has 7 heteroatoms. The van der Waals surface area contributed by atoms with Crippen LogP contribution in [0.25, 0.3) is 0 Å². The topological polar surface area (TPSA) is 62.8 Å². The number of aryl methyl sites for hydroxylation is 1. The van der Waals surface area contributed by atoms with E-state index in [1.54, 1.807) is 7.11 Å². The Hall–Kier alpha value is -2.09. The second-order valence-corrected chi connectivity index (χ2v) is 7.99. The quantitative estimate of drug-likeness (QED) is 0.495. The zero-order valence-corrected chi connectivity index (χ0v) is 19.1. The maximum Gasteiger partial charge on any atom is 0.262 e. The molecule has 0 saturated carbocycles. The molecule has 0 saturated heterocycles.